The Morgan fingerprint density at radius 3 is 2.61 bits per heavy atom. The fraction of sp³-hybridized carbons (Fsp3) is 0.214. The highest BCUT2D eigenvalue weighted by Crippen LogP contribution is 2.24. The summed E-state index contributed by atoms with van der Waals surface area (Å²) in [4.78, 5) is 4.27. The summed E-state index contributed by atoms with van der Waals surface area (Å²) < 4.78 is 10.7. The molecular formula is C14H15NO3. The second-order valence-electron chi connectivity index (χ2n) is 3.83. The molecule has 4 nitrogen and oxygen atoms in total. The van der Waals surface area contributed by atoms with E-state index in [-0.39, 0.29) is 6.61 Å². The summed E-state index contributed by atoms with van der Waals surface area (Å²) in [6.07, 6.45) is 0. The van der Waals surface area contributed by atoms with E-state index in [1.165, 1.54) is 0 Å². The summed E-state index contributed by atoms with van der Waals surface area (Å²) in [5.41, 5.74) is 1.56. The van der Waals surface area contributed by atoms with Crippen LogP contribution in [-0.4, -0.2) is 17.2 Å². The Bertz CT molecular complexity index is 540. The number of benzene rings is 1. The van der Waals surface area contributed by atoms with E-state index in [9.17, 15) is 0 Å². The molecule has 0 aliphatic carbocycles. The van der Waals surface area contributed by atoms with Crippen molar-refractivity contribution in [2.24, 2.45) is 0 Å². The first-order valence-electron chi connectivity index (χ1n) is 5.62. The first-order valence-corrected chi connectivity index (χ1v) is 5.62. The fourth-order valence-corrected chi connectivity index (χ4v) is 1.58. The van der Waals surface area contributed by atoms with Crippen molar-refractivity contribution in [3.05, 3.63) is 47.7 Å². The van der Waals surface area contributed by atoms with E-state index in [1.807, 2.05) is 25.1 Å². The Morgan fingerprint density at radius 2 is 1.94 bits per heavy atom. The Morgan fingerprint density at radius 1 is 1.17 bits per heavy atom. The minimum absolute atomic E-state index is 0.0156. The van der Waals surface area contributed by atoms with E-state index >= 15 is 0 Å². The molecule has 0 bridgehead atoms. The largest absolute Gasteiger partial charge is 0.497 e. The molecule has 1 heterocycles. The molecule has 0 atom stereocenters. The second-order valence-corrected chi connectivity index (χ2v) is 3.83. The molecule has 0 unspecified atom stereocenters. The van der Waals surface area contributed by atoms with Gasteiger partial charge in [-0.3, -0.25) is 0 Å². The number of methoxy groups -OCH3 is 1. The zero-order valence-electron chi connectivity index (χ0n) is 10.4. The average molecular weight is 245 g/mol. The van der Waals surface area contributed by atoms with Crippen LogP contribution in [0, 0.1) is 6.92 Å². The lowest BCUT2D eigenvalue weighted by atomic mass is 10.2. The van der Waals surface area contributed by atoms with E-state index in [4.69, 9.17) is 14.6 Å². The topological polar surface area (TPSA) is 51.6 Å². The molecule has 0 saturated heterocycles. The number of aromatic nitrogens is 1. The van der Waals surface area contributed by atoms with Gasteiger partial charge in [-0.25, -0.2) is 4.98 Å². The zero-order valence-corrected chi connectivity index (χ0v) is 10.4. The third-order valence-electron chi connectivity index (χ3n) is 2.60. The van der Waals surface area contributed by atoms with Gasteiger partial charge in [0.05, 0.1) is 13.7 Å². The molecule has 0 saturated carbocycles. The minimum atomic E-state index is -0.0156. The van der Waals surface area contributed by atoms with Crippen LogP contribution in [0.15, 0.2) is 36.4 Å². The van der Waals surface area contributed by atoms with Gasteiger partial charge in [-0.05, 0) is 30.7 Å². The lowest BCUT2D eigenvalue weighted by Gasteiger charge is -2.08. The molecule has 0 fully saturated rings. The highest BCUT2D eigenvalue weighted by Gasteiger charge is 2.03. The van der Waals surface area contributed by atoms with Crippen LogP contribution in [0.2, 0.25) is 0 Å². The summed E-state index contributed by atoms with van der Waals surface area (Å²) in [7, 11) is 1.61. The van der Waals surface area contributed by atoms with E-state index in [0.29, 0.717) is 11.6 Å². The van der Waals surface area contributed by atoms with Crippen LogP contribution >= 0.6 is 0 Å². The molecule has 1 aromatic heterocycles. The number of aliphatic hydroxyl groups excluding tert-OH is 1. The zero-order chi connectivity index (χ0) is 13.0. The lowest BCUT2D eigenvalue weighted by molar-refractivity contribution is 0.280. The fourth-order valence-electron chi connectivity index (χ4n) is 1.58. The molecule has 2 aromatic rings. The van der Waals surface area contributed by atoms with E-state index < -0.39 is 0 Å². The van der Waals surface area contributed by atoms with Crippen molar-refractivity contribution in [3.63, 3.8) is 0 Å². The summed E-state index contributed by atoms with van der Waals surface area (Å²) in [6.45, 7) is 1.82. The molecule has 0 spiro atoms. The maximum Gasteiger partial charge on any atom is 0.219 e. The lowest BCUT2D eigenvalue weighted by Crippen LogP contribution is -1.95. The van der Waals surface area contributed by atoms with E-state index in [0.717, 1.165) is 17.0 Å². The van der Waals surface area contributed by atoms with Crippen molar-refractivity contribution in [2.45, 2.75) is 13.5 Å². The van der Waals surface area contributed by atoms with Gasteiger partial charge in [0.15, 0.2) is 0 Å². The number of hydrogen-bond acceptors (Lipinski definition) is 4. The van der Waals surface area contributed by atoms with Gasteiger partial charge in [0, 0.05) is 17.8 Å². The minimum Gasteiger partial charge on any atom is -0.497 e. The normalized spacial score (nSPS) is 10.2. The molecular weight excluding hydrogens is 230 g/mol. The average Bonchev–Trinajstić information content (AvgIpc) is 2.39. The number of aryl methyl sites for hydroxylation is 1. The highest BCUT2D eigenvalue weighted by molar-refractivity contribution is 5.35. The van der Waals surface area contributed by atoms with Gasteiger partial charge < -0.3 is 14.6 Å². The van der Waals surface area contributed by atoms with Crippen LogP contribution in [0.3, 0.4) is 0 Å². The SMILES string of the molecule is COc1cccc(Oc2ccc(CO)c(C)n2)c1. The van der Waals surface area contributed by atoms with Gasteiger partial charge in [0.2, 0.25) is 5.88 Å². The number of hydrogen-bond donors (Lipinski definition) is 1. The predicted octanol–water partition coefficient (Wildman–Crippen LogP) is 2.68. The van der Waals surface area contributed by atoms with E-state index in [2.05, 4.69) is 4.98 Å². The molecule has 1 N–H and O–H groups in total. The third-order valence-corrected chi connectivity index (χ3v) is 2.60. The molecule has 18 heavy (non-hydrogen) atoms. The van der Waals surface area contributed by atoms with Crippen molar-refractivity contribution >= 4 is 0 Å². The van der Waals surface area contributed by atoms with Crippen molar-refractivity contribution in [3.8, 4) is 17.4 Å². The maximum atomic E-state index is 9.07. The summed E-state index contributed by atoms with van der Waals surface area (Å²) in [6, 6.07) is 10.9. The second kappa shape index (κ2) is 5.51. The molecule has 1 aromatic carbocycles. The molecule has 4 heteroatoms. The molecule has 2 rings (SSSR count). The van der Waals surface area contributed by atoms with Crippen molar-refractivity contribution in [1.82, 2.24) is 4.98 Å². The van der Waals surface area contributed by atoms with Crippen LogP contribution < -0.4 is 9.47 Å². The summed E-state index contributed by atoms with van der Waals surface area (Å²) in [5, 5.41) is 9.07. The van der Waals surface area contributed by atoms with Gasteiger partial charge in [-0.15, -0.1) is 0 Å². The number of rotatable bonds is 4. The molecule has 0 aliphatic heterocycles. The van der Waals surface area contributed by atoms with Gasteiger partial charge in [-0.2, -0.15) is 0 Å². The Labute approximate surface area is 106 Å². The van der Waals surface area contributed by atoms with Gasteiger partial charge in [0.1, 0.15) is 11.5 Å². The molecule has 0 aliphatic rings. The summed E-state index contributed by atoms with van der Waals surface area (Å²) >= 11 is 0. The smallest absolute Gasteiger partial charge is 0.219 e. The summed E-state index contributed by atoms with van der Waals surface area (Å²) in [5.74, 6) is 1.90. The number of pyridine rings is 1. The van der Waals surface area contributed by atoms with Crippen molar-refractivity contribution < 1.29 is 14.6 Å². The molecule has 94 valence electrons. The van der Waals surface area contributed by atoms with Crippen LogP contribution in [-0.2, 0) is 6.61 Å². The van der Waals surface area contributed by atoms with Gasteiger partial charge in [0.25, 0.3) is 0 Å². The van der Waals surface area contributed by atoms with Crippen LogP contribution in [0.4, 0.5) is 0 Å². The predicted molar refractivity (Wildman–Crippen MR) is 68.0 cm³/mol. The van der Waals surface area contributed by atoms with Crippen LogP contribution in [0.5, 0.6) is 17.4 Å². The quantitative estimate of drug-likeness (QED) is 0.899. The van der Waals surface area contributed by atoms with Crippen molar-refractivity contribution in [2.75, 3.05) is 7.11 Å². The van der Waals surface area contributed by atoms with E-state index in [1.54, 1.807) is 25.3 Å². The Kier molecular flexibility index (Phi) is 3.79. The Balaban J connectivity index is 2.20. The number of nitrogens with zero attached hydrogens (tertiary/aromatic N) is 1. The monoisotopic (exact) mass is 245 g/mol. The maximum absolute atomic E-state index is 9.07. The number of aliphatic hydroxyl groups is 1. The first-order chi connectivity index (χ1) is 8.72. The van der Waals surface area contributed by atoms with Crippen molar-refractivity contribution in [1.29, 1.82) is 0 Å². The van der Waals surface area contributed by atoms with Gasteiger partial charge >= 0.3 is 0 Å². The molecule has 0 radical (unpaired) electrons. The van der Waals surface area contributed by atoms with Gasteiger partial charge in [-0.1, -0.05) is 6.07 Å². The molecule has 0 amide bonds. The van der Waals surface area contributed by atoms with Crippen LogP contribution in [0.1, 0.15) is 11.3 Å². The standard InChI is InChI=1S/C14H15NO3/c1-10-11(9-16)6-7-14(15-10)18-13-5-3-4-12(8-13)17-2/h3-8,16H,9H2,1-2H3. The first kappa shape index (κ1) is 12.4. The van der Waals surface area contributed by atoms with Crippen LogP contribution in [0.25, 0.3) is 0 Å². The number of ether oxygens (including phenoxy) is 2. The Hall–Kier alpha value is -2.07. The third kappa shape index (κ3) is 2.78. The highest BCUT2D eigenvalue weighted by atomic mass is 16.5.